The molecule has 2 amide bonds. The van der Waals surface area contributed by atoms with Crippen molar-refractivity contribution in [2.24, 2.45) is 5.92 Å². The highest BCUT2D eigenvalue weighted by Crippen LogP contribution is 2.42. The van der Waals surface area contributed by atoms with Crippen LogP contribution in [0.4, 0.5) is 4.39 Å². The summed E-state index contributed by atoms with van der Waals surface area (Å²) in [6, 6.07) is 31.2. The number of ether oxygens (including phenoxy) is 2. The van der Waals surface area contributed by atoms with Crippen LogP contribution in [0.15, 0.2) is 115 Å². The van der Waals surface area contributed by atoms with Crippen LogP contribution in [0.2, 0.25) is 5.02 Å². The summed E-state index contributed by atoms with van der Waals surface area (Å²) in [4.78, 5) is 53.4. The molecule has 1 aliphatic carbocycles. The van der Waals surface area contributed by atoms with Crippen molar-refractivity contribution in [2.45, 2.75) is 75.5 Å². The monoisotopic (exact) mass is 846 g/mol. The third-order valence-corrected chi connectivity index (χ3v) is 12.6. The van der Waals surface area contributed by atoms with Crippen molar-refractivity contribution >= 4 is 35.4 Å². The molecule has 12 heteroatoms. The normalized spacial score (nSPS) is 19.9. The summed E-state index contributed by atoms with van der Waals surface area (Å²) in [7, 11) is 3.14. The Morgan fingerprint density at radius 1 is 0.607 bits per heavy atom. The van der Waals surface area contributed by atoms with E-state index in [-0.39, 0.29) is 23.1 Å². The summed E-state index contributed by atoms with van der Waals surface area (Å²) in [5.41, 5.74) is 4.07. The van der Waals surface area contributed by atoms with Crippen molar-refractivity contribution in [1.29, 1.82) is 0 Å². The van der Waals surface area contributed by atoms with Gasteiger partial charge >= 0.3 is 11.9 Å². The van der Waals surface area contributed by atoms with E-state index >= 15 is 4.39 Å². The summed E-state index contributed by atoms with van der Waals surface area (Å²) in [5, 5.41) is 19.8. The first-order chi connectivity index (χ1) is 29.5. The Morgan fingerprint density at radius 2 is 1.15 bits per heavy atom. The number of para-hydroxylation sites is 2. The van der Waals surface area contributed by atoms with E-state index in [0.29, 0.717) is 52.6 Å². The van der Waals surface area contributed by atoms with E-state index in [9.17, 15) is 29.4 Å². The fourth-order valence-corrected chi connectivity index (χ4v) is 9.53. The van der Waals surface area contributed by atoms with Crippen LogP contribution in [0.25, 0.3) is 22.3 Å². The van der Waals surface area contributed by atoms with Crippen LogP contribution in [-0.4, -0.2) is 76.1 Å². The molecule has 5 aromatic rings. The lowest BCUT2D eigenvalue weighted by Gasteiger charge is -2.32. The lowest BCUT2D eigenvalue weighted by molar-refractivity contribution is -0.142. The van der Waals surface area contributed by atoms with Crippen molar-refractivity contribution in [3.05, 3.63) is 143 Å². The van der Waals surface area contributed by atoms with Gasteiger partial charge in [-0.1, -0.05) is 97.2 Å². The van der Waals surface area contributed by atoms with E-state index in [1.165, 1.54) is 37.0 Å². The van der Waals surface area contributed by atoms with Crippen molar-refractivity contribution in [3.63, 3.8) is 0 Å². The van der Waals surface area contributed by atoms with Gasteiger partial charge in [0.05, 0.1) is 20.3 Å². The number of carboxylic acids is 2. The predicted octanol–water partition coefficient (Wildman–Crippen LogP) is 10.2. The van der Waals surface area contributed by atoms with Gasteiger partial charge in [0.25, 0.3) is 11.8 Å². The number of hydrogen-bond donors (Lipinski definition) is 2. The van der Waals surface area contributed by atoms with Crippen molar-refractivity contribution in [1.82, 2.24) is 9.80 Å². The van der Waals surface area contributed by atoms with Gasteiger partial charge < -0.3 is 29.5 Å². The van der Waals surface area contributed by atoms with Crippen molar-refractivity contribution < 1.29 is 43.3 Å². The molecule has 0 spiro atoms. The van der Waals surface area contributed by atoms with Crippen LogP contribution in [0.3, 0.4) is 0 Å². The molecular weight excluding hydrogens is 799 g/mol. The van der Waals surface area contributed by atoms with E-state index in [4.69, 9.17) is 21.1 Å². The molecule has 5 aromatic carbocycles. The predicted molar refractivity (Wildman–Crippen MR) is 230 cm³/mol. The molecule has 8 rings (SSSR count). The van der Waals surface area contributed by atoms with E-state index in [1.54, 1.807) is 72.7 Å². The number of aliphatic carboxylic acids is 2. The molecule has 4 atom stereocenters. The molecule has 316 valence electrons. The highest BCUT2D eigenvalue weighted by atomic mass is 35.5. The number of likely N-dealkylation sites (tertiary alicyclic amines) is 2. The van der Waals surface area contributed by atoms with Gasteiger partial charge in [-0.05, 0) is 98.0 Å². The van der Waals surface area contributed by atoms with Gasteiger partial charge in [-0.25, -0.2) is 14.0 Å². The maximum absolute atomic E-state index is 15.1. The lowest BCUT2D eigenvalue weighted by Crippen LogP contribution is -2.47. The van der Waals surface area contributed by atoms with E-state index in [1.807, 2.05) is 36.4 Å². The Bertz CT molecular complexity index is 2400. The molecule has 2 aliphatic heterocycles. The molecule has 1 saturated carbocycles. The molecule has 0 aromatic heterocycles. The van der Waals surface area contributed by atoms with Gasteiger partial charge in [0.2, 0.25) is 0 Å². The zero-order valence-corrected chi connectivity index (χ0v) is 34.8. The van der Waals surface area contributed by atoms with Gasteiger partial charge in [-0.3, -0.25) is 9.59 Å². The Labute approximate surface area is 359 Å². The molecule has 0 radical (unpaired) electrons. The summed E-state index contributed by atoms with van der Waals surface area (Å²) in [6.45, 7) is 0. The third kappa shape index (κ3) is 8.98. The highest BCUT2D eigenvalue weighted by Gasteiger charge is 2.45. The van der Waals surface area contributed by atoms with E-state index in [0.717, 1.165) is 42.2 Å². The Balaban J connectivity index is 0.000000185. The molecule has 10 nitrogen and oxygen atoms in total. The minimum absolute atomic E-state index is 0.0417. The number of halogens is 2. The number of amides is 2. The number of benzene rings is 5. The zero-order valence-electron chi connectivity index (χ0n) is 34.0. The first-order valence-electron chi connectivity index (χ1n) is 20.5. The Kier molecular flexibility index (Phi) is 13.4. The standard InChI is InChI=1S/C25H21ClFNO4.C24H27NO4/c1-32-23-9-5-3-6-17(23)16-11-10-15(14-20(16)27)24(29)28-21(12-13-22(28)25(30)31)18-7-2-4-8-19(18)26;1-29-22-9-5-4-8-19(22)16-10-12-18(13-11-16)23(26)25-20(17-6-2-3-7-17)14-15-21(25)24(27)28/h2-11,14,21-22H,12-13H2,1H3,(H,30,31);4-5,8-13,17,20-21H,2-3,6-7,14-15H2,1H3,(H,27,28)/t21-,22+;20-,21+/m11/s1. The molecule has 0 bridgehead atoms. The van der Waals surface area contributed by atoms with Crippen molar-refractivity contribution in [2.75, 3.05) is 14.2 Å². The summed E-state index contributed by atoms with van der Waals surface area (Å²) in [6.07, 6.45) is 6.60. The van der Waals surface area contributed by atoms with Crippen LogP contribution >= 0.6 is 11.6 Å². The maximum atomic E-state index is 15.1. The van der Waals surface area contributed by atoms with E-state index < -0.39 is 41.8 Å². The molecule has 3 fully saturated rings. The average Bonchev–Trinajstić information content (AvgIpc) is 4.07. The Hall–Kier alpha value is -6.20. The molecule has 2 N–H and O–H groups in total. The van der Waals surface area contributed by atoms with Gasteiger partial charge in [0.15, 0.2) is 0 Å². The molecule has 2 heterocycles. The topological polar surface area (TPSA) is 134 Å². The van der Waals surface area contributed by atoms with Crippen LogP contribution in [0.5, 0.6) is 11.5 Å². The average molecular weight is 847 g/mol. The Morgan fingerprint density at radius 3 is 1.77 bits per heavy atom. The lowest BCUT2D eigenvalue weighted by atomic mass is 9.95. The minimum Gasteiger partial charge on any atom is -0.496 e. The number of rotatable bonds is 10. The van der Waals surface area contributed by atoms with Crippen LogP contribution in [0, 0.1) is 11.7 Å². The van der Waals surface area contributed by atoms with Crippen molar-refractivity contribution in [3.8, 4) is 33.8 Å². The second-order valence-electron chi connectivity index (χ2n) is 15.6. The van der Waals surface area contributed by atoms with Gasteiger partial charge in [0.1, 0.15) is 29.4 Å². The number of carboxylic acid groups (broad SMARTS) is 2. The number of methoxy groups -OCH3 is 2. The second-order valence-corrected chi connectivity index (χ2v) is 16.0. The summed E-state index contributed by atoms with van der Waals surface area (Å²) in [5.74, 6) is -1.60. The van der Waals surface area contributed by atoms with Gasteiger partial charge in [-0.15, -0.1) is 0 Å². The molecule has 61 heavy (non-hydrogen) atoms. The minimum atomic E-state index is -1.10. The molecule has 3 aliphatic rings. The number of carbonyl (C=O) groups excluding carboxylic acids is 2. The maximum Gasteiger partial charge on any atom is 0.326 e. The van der Waals surface area contributed by atoms with Crippen LogP contribution in [0.1, 0.15) is 83.7 Å². The summed E-state index contributed by atoms with van der Waals surface area (Å²) >= 11 is 6.33. The number of nitrogens with zero attached hydrogens (tertiary/aromatic N) is 2. The van der Waals surface area contributed by atoms with Crippen LogP contribution in [-0.2, 0) is 9.59 Å². The highest BCUT2D eigenvalue weighted by molar-refractivity contribution is 6.31. The summed E-state index contributed by atoms with van der Waals surface area (Å²) < 4.78 is 25.8. The number of carbonyl (C=O) groups is 4. The third-order valence-electron chi connectivity index (χ3n) is 12.2. The van der Waals surface area contributed by atoms with Gasteiger partial charge in [0, 0.05) is 38.9 Å². The first-order valence-corrected chi connectivity index (χ1v) is 20.9. The molecule has 2 saturated heterocycles. The fourth-order valence-electron chi connectivity index (χ4n) is 9.27. The second kappa shape index (κ2) is 19.0. The van der Waals surface area contributed by atoms with Gasteiger partial charge in [-0.2, -0.15) is 0 Å². The van der Waals surface area contributed by atoms with E-state index in [2.05, 4.69) is 0 Å². The largest absolute Gasteiger partial charge is 0.496 e. The number of hydrogen-bond acceptors (Lipinski definition) is 6. The molecular formula is C49H48ClFN2O8. The quantitative estimate of drug-likeness (QED) is 0.142. The fraction of sp³-hybridized carbons (Fsp3) is 0.306. The van der Waals surface area contributed by atoms with Crippen LogP contribution < -0.4 is 9.47 Å². The SMILES string of the molecule is COc1ccccc1-c1ccc(C(=O)N2[C@@H](C3CCCC3)CC[C@H]2C(=O)O)cc1.COc1ccccc1-c1ccc(C(=O)N2[C@@H](c3ccccc3Cl)CC[C@H]2C(=O)O)cc1F. The zero-order chi connectivity index (χ0) is 43.2. The first kappa shape index (κ1) is 42.9. The molecule has 0 unspecified atom stereocenters. The smallest absolute Gasteiger partial charge is 0.326 e.